The summed E-state index contributed by atoms with van der Waals surface area (Å²) >= 11 is 0. The first-order valence-corrected chi connectivity index (χ1v) is 8.33. The molecule has 0 bridgehead atoms. The fourth-order valence-electron chi connectivity index (χ4n) is 2.64. The SMILES string of the molecule is Cc1nc(-c2cccc(NC(=O)NCC(C)(C)C(O)C(C)C)c2)no1. The van der Waals surface area contributed by atoms with Crippen molar-refractivity contribution in [2.75, 3.05) is 11.9 Å². The van der Waals surface area contributed by atoms with E-state index in [4.69, 9.17) is 4.52 Å². The Kier molecular flexibility index (Phi) is 5.79. The second-order valence-corrected chi connectivity index (χ2v) is 7.20. The summed E-state index contributed by atoms with van der Waals surface area (Å²) in [6.45, 7) is 9.85. The molecular weight excluding hydrogens is 320 g/mol. The Morgan fingerprint density at radius 3 is 2.68 bits per heavy atom. The van der Waals surface area contributed by atoms with Crippen LogP contribution < -0.4 is 10.6 Å². The quantitative estimate of drug-likeness (QED) is 0.746. The van der Waals surface area contributed by atoms with E-state index in [0.29, 0.717) is 23.9 Å². The predicted molar refractivity (Wildman–Crippen MR) is 96.1 cm³/mol. The molecule has 0 aliphatic carbocycles. The molecule has 3 N–H and O–H groups in total. The van der Waals surface area contributed by atoms with Crippen molar-refractivity contribution in [3.05, 3.63) is 30.2 Å². The van der Waals surface area contributed by atoms with Gasteiger partial charge >= 0.3 is 6.03 Å². The van der Waals surface area contributed by atoms with Crippen LogP contribution in [0, 0.1) is 18.3 Å². The second-order valence-electron chi connectivity index (χ2n) is 7.20. The fraction of sp³-hybridized carbons (Fsp3) is 0.500. The Morgan fingerprint density at radius 2 is 2.08 bits per heavy atom. The molecule has 25 heavy (non-hydrogen) atoms. The Morgan fingerprint density at radius 1 is 1.36 bits per heavy atom. The van der Waals surface area contributed by atoms with Gasteiger partial charge in [-0.3, -0.25) is 0 Å². The smallest absolute Gasteiger partial charge is 0.319 e. The van der Waals surface area contributed by atoms with E-state index in [1.54, 1.807) is 19.1 Å². The zero-order valence-corrected chi connectivity index (χ0v) is 15.3. The molecule has 1 unspecified atom stereocenters. The summed E-state index contributed by atoms with van der Waals surface area (Å²) in [6, 6.07) is 6.88. The van der Waals surface area contributed by atoms with Crippen LogP contribution in [-0.2, 0) is 0 Å². The number of amides is 2. The number of carbonyl (C=O) groups is 1. The Labute approximate surface area is 147 Å². The molecule has 0 spiro atoms. The highest BCUT2D eigenvalue weighted by atomic mass is 16.5. The topological polar surface area (TPSA) is 100 Å². The maximum absolute atomic E-state index is 12.1. The second kappa shape index (κ2) is 7.65. The van der Waals surface area contributed by atoms with Crippen molar-refractivity contribution >= 4 is 11.7 Å². The first-order chi connectivity index (χ1) is 11.7. The van der Waals surface area contributed by atoms with Crippen LogP contribution in [0.1, 0.15) is 33.6 Å². The first-order valence-electron chi connectivity index (χ1n) is 8.33. The van der Waals surface area contributed by atoms with E-state index in [0.717, 1.165) is 5.56 Å². The standard InChI is InChI=1S/C18H26N4O3/c1-11(2)15(23)18(4,5)10-19-17(24)21-14-8-6-7-13(9-14)16-20-12(3)25-22-16/h6-9,11,15,23H,10H2,1-5H3,(H2,19,21,24). The highest BCUT2D eigenvalue weighted by molar-refractivity contribution is 5.89. The summed E-state index contributed by atoms with van der Waals surface area (Å²) in [4.78, 5) is 16.3. The molecule has 0 saturated carbocycles. The minimum Gasteiger partial charge on any atom is -0.392 e. The molecule has 1 atom stereocenters. The summed E-state index contributed by atoms with van der Waals surface area (Å²) in [5.74, 6) is 1.08. The van der Waals surface area contributed by atoms with E-state index in [1.165, 1.54) is 0 Å². The molecule has 0 aliphatic rings. The van der Waals surface area contributed by atoms with Crippen molar-refractivity contribution in [1.82, 2.24) is 15.5 Å². The number of aryl methyl sites for hydroxylation is 1. The number of nitrogens with zero attached hydrogens (tertiary/aromatic N) is 2. The van der Waals surface area contributed by atoms with Crippen LogP contribution in [0.25, 0.3) is 11.4 Å². The number of benzene rings is 1. The molecule has 7 heteroatoms. The molecule has 0 aliphatic heterocycles. The van der Waals surface area contributed by atoms with Gasteiger partial charge in [-0.25, -0.2) is 4.79 Å². The zero-order valence-electron chi connectivity index (χ0n) is 15.3. The Bertz CT molecular complexity index is 725. The fourth-order valence-corrected chi connectivity index (χ4v) is 2.64. The molecule has 1 aromatic heterocycles. The summed E-state index contributed by atoms with van der Waals surface area (Å²) in [5.41, 5.74) is 0.958. The molecule has 1 heterocycles. The number of aromatic nitrogens is 2. The van der Waals surface area contributed by atoms with Gasteiger partial charge in [-0.15, -0.1) is 0 Å². The lowest BCUT2D eigenvalue weighted by Gasteiger charge is -2.33. The van der Waals surface area contributed by atoms with E-state index in [-0.39, 0.29) is 11.9 Å². The normalized spacial score (nSPS) is 12.9. The predicted octanol–water partition coefficient (Wildman–Crippen LogP) is 3.21. The maximum Gasteiger partial charge on any atom is 0.319 e. The number of carbonyl (C=O) groups excluding carboxylic acids is 1. The highest BCUT2D eigenvalue weighted by Crippen LogP contribution is 2.25. The van der Waals surface area contributed by atoms with Crippen molar-refractivity contribution in [2.24, 2.45) is 11.3 Å². The van der Waals surface area contributed by atoms with Gasteiger partial charge in [0.25, 0.3) is 0 Å². The third-order valence-electron chi connectivity index (χ3n) is 4.04. The Hall–Kier alpha value is -2.41. The molecule has 0 fully saturated rings. The van der Waals surface area contributed by atoms with E-state index < -0.39 is 11.5 Å². The van der Waals surface area contributed by atoms with E-state index in [1.807, 2.05) is 39.8 Å². The van der Waals surface area contributed by atoms with Crippen molar-refractivity contribution in [1.29, 1.82) is 0 Å². The average molecular weight is 346 g/mol. The highest BCUT2D eigenvalue weighted by Gasteiger charge is 2.30. The number of rotatable bonds is 6. The van der Waals surface area contributed by atoms with E-state index >= 15 is 0 Å². The van der Waals surface area contributed by atoms with Crippen LogP contribution in [-0.4, -0.2) is 33.9 Å². The van der Waals surface area contributed by atoms with Gasteiger partial charge in [-0.2, -0.15) is 4.98 Å². The minimum absolute atomic E-state index is 0.120. The maximum atomic E-state index is 12.1. The first kappa shape index (κ1) is 18.9. The van der Waals surface area contributed by atoms with Crippen LogP contribution in [0.2, 0.25) is 0 Å². The number of nitrogens with one attached hydrogen (secondary N) is 2. The summed E-state index contributed by atoms with van der Waals surface area (Å²) < 4.78 is 4.97. The molecule has 2 rings (SSSR count). The Balaban J connectivity index is 1.97. The third kappa shape index (κ3) is 5.03. The van der Waals surface area contributed by atoms with Gasteiger partial charge < -0.3 is 20.3 Å². The molecule has 0 radical (unpaired) electrons. The van der Waals surface area contributed by atoms with Crippen LogP contribution >= 0.6 is 0 Å². The number of anilines is 1. The van der Waals surface area contributed by atoms with Gasteiger partial charge in [0, 0.05) is 30.1 Å². The summed E-state index contributed by atoms with van der Waals surface area (Å²) in [5, 5.41) is 19.7. The number of hydrogen-bond acceptors (Lipinski definition) is 5. The molecule has 2 aromatic rings. The molecule has 136 valence electrons. The van der Waals surface area contributed by atoms with Gasteiger partial charge in [0.05, 0.1) is 6.10 Å². The van der Waals surface area contributed by atoms with Gasteiger partial charge in [0.2, 0.25) is 11.7 Å². The van der Waals surface area contributed by atoms with Crippen LogP contribution in [0.3, 0.4) is 0 Å². The zero-order chi connectivity index (χ0) is 18.6. The van der Waals surface area contributed by atoms with Crippen molar-refractivity contribution < 1.29 is 14.4 Å². The monoisotopic (exact) mass is 346 g/mol. The minimum atomic E-state index is -0.502. The largest absolute Gasteiger partial charge is 0.392 e. The third-order valence-corrected chi connectivity index (χ3v) is 4.04. The lowest BCUT2D eigenvalue weighted by Crippen LogP contribution is -2.44. The van der Waals surface area contributed by atoms with Gasteiger partial charge in [0.1, 0.15) is 0 Å². The number of aliphatic hydroxyl groups is 1. The van der Waals surface area contributed by atoms with Gasteiger partial charge in [-0.05, 0) is 18.1 Å². The molecule has 1 aromatic carbocycles. The van der Waals surface area contributed by atoms with Crippen LogP contribution in [0.5, 0.6) is 0 Å². The van der Waals surface area contributed by atoms with Gasteiger partial charge in [-0.1, -0.05) is 45.0 Å². The lowest BCUT2D eigenvalue weighted by molar-refractivity contribution is 0.0154. The number of aliphatic hydroxyl groups excluding tert-OH is 1. The lowest BCUT2D eigenvalue weighted by atomic mass is 9.81. The summed E-state index contributed by atoms with van der Waals surface area (Å²) in [7, 11) is 0. The average Bonchev–Trinajstić information content (AvgIpc) is 2.99. The van der Waals surface area contributed by atoms with Gasteiger partial charge in [0.15, 0.2) is 0 Å². The number of urea groups is 1. The summed E-state index contributed by atoms with van der Waals surface area (Å²) in [6.07, 6.45) is -0.502. The molecule has 0 saturated heterocycles. The number of hydrogen-bond donors (Lipinski definition) is 3. The molecular formula is C18H26N4O3. The van der Waals surface area contributed by atoms with Crippen molar-refractivity contribution in [3.63, 3.8) is 0 Å². The van der Waals surface area contributed by atoms with Crippen LogP contribution in [0.4, 0.5) is 10.5 Å². The van der Waals surface area contributed by atoms with Crippen molar-refractivity contribution in [2.45, 2.75) is 40.7 Å². The molecule has 2 amide bonds. The van der Waals surface area contributed by atoms with E-state index in [9.17, 15) is 9.90 Å². The molecule has 7 nitrogen and oxygen atoms in total. The van der Waals surface area contributed by atoms with E-state index in [2.05, 4.69) is 20.8 Å². The van der Waals surface area contributed by atoms with Crippen molar-refractivity contribution in [3.8, 4) is 11.4 Å². The van der Waals surface area contributed by atoms with Crippen LogP contribution in [0.15, 0.2) is 28.8 Å².